The molecule has 118 valence electrons. The first-order valence-electron chi connectivity index (χ1n) is 7.56. The second kappa shape index (κ2) is 8.67. The maximum absolute atomic E-state index is 11.8. The molecule has 0 fully saturated rings. The van der Waals surface area contributed by atoms with Gasteiger partial charge in [-0.2, -0.15) is 0 Å². The highest BCUT2D eigenvalue weighted by atomic mass is 16.5. The number of hydrogen-bond acceptors (Lipinski definition) is 4. The molecule has 0 aliphatic rings. The maximum Gasteiger partial charge on any atom is 0.323 e. The Kier molecular flexibility index (Phi) is 7.23. The average Bonchev–Trinajstić information content (AvgIpc) is 2.49. The van der Waals surface area contributed by atoms with Crippen molar-refractivity contribution in [2.75, 3.05) is 13.7 Å². The SMILES string of the molecule is CCCOc1ccc(C(C)N[C@H](C(=O)OC)C(C)C)cc1. The Balaban J connectivity index is 2.69. The van der Waals surface area contributed by atoms with Gasteiger partial charge >= 0.3 is 5.97 Å². The van der Waals surface area contributed by atoms with Crippen LogP contribution in [0.4, 0.5) is 0 Å². The van der Waals surface area contributed by atoms with Gasteiger partial charge in [-0.25, -0.2) is 0 Å². The molecule has 0 saturated carbocycles. The summed E-state index contributed by atoms with van der Waals surface area (Å²) in [5.74, 6) is 0.827. The van der Waals surface area contributed by atoms with Crippen molar-refractivity contribution < 1.29 is 14.3 Å². The first-order chi connectivity index (χ1) is 9.99. The molecule has 0 spiro atoms. The van der Waals surface area contributed by atoms with Crippen molar-refractivity contribution in [1.82, 2.24) is 5.32 Å². The van der Waals surface area contributed by atoms with Crippen molar-refractivity contribution >= 4 is 5.97 Å². The van der Waals surface area contributed by atoms with Crippen LogP contribution in [0, 0.1) is 5.92 Å². The lowest BCUT2D eigenvalue weighted by Crippen LogP contribution is -2.42. The normalized spacial score (nSPS) is 13.8. The van der Waals surface area contributed by atoms with E-state index in [0.29, 0.717) is 0 Å². The predicted molar refractivity (Wildman–Crippen MR) is 84.4 cm³/mol. The summed E-state index contributed by atoms with van der Waals surface area (Å²) in [4.78, 5) is 11.8. The van der Waals surface area contributed by atoms with Crippen LogP contribution < -0.4 is 10.1 Å². The highest BCUT2D eigenvalue weighted by molar-refractivity contribution is 5.76. The Bertz CT molecular complexity index is 428. The molecule has 0 radical (unpaired) electrons. The fourth-order valence-electron chi connectivity index (χ4n) is 2.10. The summed E-state index contributed by atoms with van der Waals surface area (Å²) in [6.45, 7) is 8.86. The molecule has 0 amide bonds. The number of ether oxygens (including phenoxy) is 2. The molecule has 0 saturated heterocycles. The van der Waals surface area contributed by atoms with E-state index in [9.17, 15) is 4.79 Å². The lowest BCUT2D eigenvalue weighted by molar-refractivity contribution is -0.144. The van der Waals surface area contributed by atoms with Crippen LogP contribution in [0.25, 0.3) is 0 Å². The zero-order chi connectivity index (χ0) is 15.8. The molecule has 0 aliphatic heterocycles. The molecule has 0 aliphatic carbocycles. The zero-order valence-electron chi connectivity index (χ0n) is 13.7. The van der Waals surface area contributed by atoms with Gasteiger partial charge in [0.1, 0.15) is 11.8 Å². The average molecular weight is 293 g/mol. The Hall–Kier alpha value is -1.55. The van der Waals surface area contributed by atoms with E-state index in [2.05, 4.69) is 12.2 Å². The fourth-order valence-corrected chi connectivity index (χ4v) is 2.10. The number of hydrogen-bond donors (Lipinski definition) is 1. The molecule has 1 N–H and O–H groups in total. The molecule has 2 atom stereocenters. The minimum atomic E-state index is -0.305. The van der Waals surface area contributed by atoms with Crippen LogP contribution in [0.2, 0.25) is 0 Å². The van der Waals surface area contributed by atoms with Gasteiger partial charge in [0, 0.05) is 6.04 Å². The molecule has 1 aromatic rings. The van der Waals surface area contributed by atoms with Crippen LogP contribution in [-0.2, 0) is 9.53 Å². The topological polar surface area (TPSA) is 47.6 Å². The number of rotatable bonds is 8. The Morgan fingerprint density at radius 1 is 1.19 bits per heavy atom. The molecule has 0 heterocycles. The molecule has 1 aromatic carbocycles. The lowest BCUT2D eigenvalue weighted by atomic mass is 10.0. The van der Waals surface area contributed by atoms with E-state index in [1.54, 1.807) is 0 Å². The van der Waals surface area contributed by atoms with E-state index in [0.717, 1.165) is 24.3 Å². The van der Waals surface area contributed by atoms with Gasteiger partial charge in [-0.15, -0.1) is 0 Å². The molecular formula is C17H27NO3. The monoisotopic (exact) mass is 293 g/mol. The second-order valence-electron chi connectivity index (χ2n) is 5.55. The van der Waals surface area contributed by atoms with Crippen LogP contribution in [0.3, 0.4) is 0 Å². The van der Waals surface area contributed by atoms with E-state index in [-0.39, 0.29) is 24.0 Å². The maximum atomic E-state index is 11.8. The molecule has 4 heteroatoms. The standard InChI is InChI=1S/C17H27NO3/c1-6-11-21-15-9-7-14(8-10-15)13(4)18-16(12(2)3)17(19)20-5/h7-10,12-13,16,18H,6,11H2,1-5H3/t13?,16-/m0/s1. The number of nitrogens with one attached hydrogen (secondary N) is 1. The van der Waals surface area contributed by atoms with E-state index in [4.69, 9.17) is 9.47 Å². The molecule has 4 nitrogen and oxygen atoms in total. The summed E-state index contributed by atoms with van der Waals surface area (Å²) in [5, 5.41) is 3.33. The molecule has 1 rings (SSSR count). The summed E-state index contributed by atoms with van der Waals surface area (Å²) >= 11 is 0. The summed E-state index contributed by atoms with van der Waals surface area (Å²) < 4.78 is 10.4. The minimum Gasteiger partial charge on any atom is -0.494 e. The van der Waals surface area contributed by atoms with E-state index >= 15 is 0 Å². The number of methoxy groups -OCH3 is 1. The third kappa shape index (κ3) is 5.38. The smallest absolute Gasteiger partial charge is 0.323 e. The van der Waals surface area contributed by atoms with Gasteiger partial charge in [0.05, 0.1) is 13.7 Å². The quantitative estimate of drug-likeness (QED) is 0.747. The first kappa shape index (κ1) is 17.5. The van der Waals surface area contributed by atoms with Gasteiger partial charge in [-0.05, 0) is 37.0 Å². The van der Waals surface area contributed by atoms with Crippen molar-refractivity contribution in [3.8, 4) is 5.75 Å². The van der Waals surface area contributed by atoms with Crippen molar-refractivity contribution in [2.24, 2.45) is 5.92 Å². The fraction of sp³-hybridized carbons (Fsp3) is 0.588. The summed E-state index contributed by atoms with van der Waals surface area (Å²) in [6, 6.07) is 7.74. The zero-order valence-corrected chi connectivity index (χ0v) is 13.7. The molecule has 1 unspecified atom stereocenters. The van der Waals surface area contributed by atoms with Crippen molar-refractivity contribution in [3.63, 3.8) is 0 Å². The highest BCUT2D eigenvalue weighted by Gasteiger charge is 2.24. The van der Waals surface area contributed by atoms with E-state index < -0.39 is 0 Å². The van der Waals surface area contributed by atoms with Crippen LogP contribution in [0.15, 0.2) is 24.3 Å². The van der Waals surface area contributed by atoms with Crippen molar-refractivity contribution in [2.45, 2.75) is 46.2 Å². The van der Waals surface area contributed by atoms with E-state index in [1.165, 1.54) is 7.11 Å². The number of benzene rings is 1. The van der Waals surface area contributed by atoms with Gasteiger partial charge < -0.3 is 9.47 Å². The third-order valence-electron chi connectivity index (χ3n) is 3.40. The summed E-state index contributed by atoms with van der Waals surface area (Å²) in [5.41, 5.74) is 1.12. The number of carbonyl (C=O) groups excluding carboxylic acids is 1. The van der Waals surface area contributed by atoms with Crippen molar-refractivity contribution in [1.29, 1.82) is 0 Å². The largest absolute Gasteiger partial charge is 0.494 e. The summed E-state index contributed by atoms with van der Waals surface area (Å²) in [7, 11) is 1.42. The minimum absolute atomic E-state index is 0.0664. The second-order valence-corrected chi connectivity index (χ2v) is 5.55. The van der Waals surface area contributed by atoms with Crippen LogP contribution >= 0.6 is 0 Å². The Morgan fingerprint density at radius 2 is 1.81 bits per heavy atom. The van der Waals surface area contributed by atoms with Crippen LogP contribution in [0.1, 0.15) is 45.7 Å². The lowest BCUT2D eigenvalue weighted by Gasteiger charge is -2.24. The Labute approximate surface area is 127 Å². The molecule has 21 heavy (non-hydrogen) atoms. The van der Waals surface area contributed by atoms with Gasteiger partial charge in [0.15, 0.2) is 0 Å². The highest BCUT2D eigenvalue weighted by Crippen LogP contribution is 2.19. The molecular weight excluding hydrogens is 266 g/mol. The Morgan fingerprint density at radius 3 is 2.29 bits per heavy atom. The predicted octanol–water partition coefficient (Wildman–Crippen LogP) is 3.32. The third-order valence-corrected chi connectivity index (χ3v) is 3.40. The van der Waals surface area contributed by atoms with Crippen LogP contribution in [0.5, 0.6) is 5.75 Å². The van der Waals surface area contributed by atoms with Gasteiger partial charge in [0.25, 0.3) is 0 Å². The molecule has 0 aromatic heterocycles. The van der Waals surface area contributed by atoms with Crippen LogP contribution in [-0.4, -0.2) is 25.7 Å². The van der Waals surface area contributed by atoms with Gasteiger partial charge in [-0.1, -0.05) is 32.9 Å². The molecule has 0 bridgehead atoms. The number of esters is 1. The van der Waals surface area contributed by atoms with Gasteiger partial charge in [0.2, 0.25) is 0 Å². The first-order valence-corrected chi connectivity index (χ1v) is 7.56. The number of carbonyl (C=O) groups is 1. The van der Waals surface area contributed by atoms with Crippen molar-refractivity contribution in [3.05, 3.63) is 29.8 Å². The van der Waals surface area contributed by atoms with E-state index in [1.807, 2.05) is 45.0 Å². The summed E-state index contributed by atoms with van der Waals surface area (Å²) in [6.07, 6.45) is 0.995. The van der Waals surface area contributed by atoms with Gasteiger partial charge in [-0.3, -0.25) is 10.1 Å².